The average molecular weight is 609 g/mol. The van der Waals surface area contributed by atoms with Gasteiger partial charge in [0, 0.05) is 36.8 Å². The van der Waals surface area contributed by atoms with Crippen molar-refractivity contribution >= 4 is 22.8 Å². The first-order chi connectivity index (χ1) is 21.3. The third-order valence-electron chi connectivity index (χ3n) is 9.76. The molecule has 0 unspecified atom stereocenters. The summed E-state index contributed by atoms with van der Waals surface area (Å²) in [5, 5.41) is 1.18. The lowest BCUT2D eigenvalue weighted by molar-refractivity contribution is -0.176. The molecule has 11 nitrogen and oxygen atoms in total. The van der Waals surface area contributed by atoms with E-state index in [9.17, 15) is 9.59 Å². The van der Waals surface area contributed by atoms with Crippen molar-refractivity contribution < 1.29 is 42.7 Å². The maximum Gasteiger partial charge on any atom is 0.338 e. The van der Waals surface area contributed by atoms with Crippen LogP contribution in [0, 0.1) is 17.8 Å². The van der Waals surface area contributed by atoms with E-state index in [0.717, 1.165) is 37.2 Å². The van der Waals surface area contributed by atoms with E-state index in [2.05, 4.69) is 22.0 Å². The van der Waals surface area contributed by atoms with Crippen molar-refractivity contribution in [2.75, 3.05) is 55.7 Å². The second kappa shape index (κ2) is 12.2. The van der Waals surface area contributed by atoms with Crippen LogP contribution in [0.5, 0.6) is 23.0 Å². The zero-order valence-corrected chi connectivity index (χ0v) is 26.0. The minimum absolute atomic E-state index is 0.0170. The molecule has 0 amide bonds. The van der Waals surface area contributed by atoms with Crippen molar-refractivity contribution in [3.63, 3.8) is 0 Å². The summed E-state index contributed by atoms with van der Waals surface area (Å²) in [6, 6.07) is 9.37. The van der Waals surface area contributed by atoms with E-state index in [0.29, 0.717) is 23.7 Å². The minimum atomic E-state index is -0.670. The van der Waals surface area contributed by atoms with Crippen molar-refractivity contribution in [1.29, 1.82) is 0 Å². The highest BCUT2D eigenvalue weighted by molar-refractivity contribution is 5.91. The van der Waals surface area contributed by atoms with Crippen LogP contribution in [0.15, 0.2) is 30.3 Å². The highest BCUT2D eigenvalue weighted by Gasteiger charge is 2.54. The number of H-pyrrole nitrogens is 1. The average Bonchev–Trinajstić information content (AvgIpc) is 3.43. The molecule has 0 bridgehead atoms. The van der Waals surface area contributed by atoms with Gasteiger partial charge in [-0.3, -0.25) is 9.69 Å². The predicted octanol–water partition coefficient (Wildman–Crippen LogP) is 4.17. The van der Waals surface area contributed by atoms with Crippen molar-refractivity contribution in [2.45, 2.75) is 37.5 Å². The molecule has 1 aliphatic carbocycles. The number of ether oxygens (including phenoxy) is 7. The first kappa shape index (κ1) is 30.1. The fraction of sp³-hybridized carbons (Fsp3) is 0.515. The Hall–Kier alpha value is -3.96. The number of rotatable bonds is 8. The van der Waals surface area contributed by atoms with Gasteiger partial charge in [-0.15, -0.1) is 0 Å². The van der Waals surface area contributed by atoms with Crippen LogP contribution in [0.4, 0.5) is 0 Å². The molecule has 1 aromatic heterocycles. The number of carbonyl (C=O) groups is 2. The molecule has 11 heteroatoms. The van der Waals surface area contributed by atoms with Crippen LogP contribution in [0.2, 0.25) is 0 Å². The molecule has 44 heavy (non-hydrogen) atoms. The van der Waals surface area contributed by atoms with Crippen LogP contribution in [-0.4, -0.2) is 89.8 Å². The van der Waals surface area contributed by atoms with Crippen molar-refractivity contribution in [3.05, 3.63) is 47.2 Å². The third kappa shape index (κ3) is 5.01. The summed E-state index contributed by atoms with van der Waals surface area (Å²) in [5.74, 6) is 0.463. The topological polar surface area (TPSA) is 118 Å². The molecule has 236 valence electrons. The second-order valence-electron chi connectivity index (χ2n) is 11.7. The molecule has 1 saturated carbocycles. The monoisotopic (exact) mass is 608 g/mol. The zero-order valence-electron chi connectivity index (χ0n) is 26.0. The summed E-state index contributed by atoms with van der Waals surface area (Å²) in [6.45, 7) is 1.67. The summed E-state index contributed by atoms with van der Waals surface area (Å²) < 4.78 is 39.1. The first-order valence-corrected chi connectivity index (χ1v) is 14.9. The molecule has 3 heterocycles. The third-order valence-corrected chi connectivity index (χ3v) is 9.76. The summed E-state index contributed by atoms with van der Waals surface area (Å²) in [6.07, 6.45) is 0.907. The Morgan fingerprint density at radius 1 is 0.909 bits per heavy atom. The maximum absolute atomic E-state index is 13.5. The van der Waals surface area contributed by atoms with Gasteiger partial charge in [0.2, 0.25) is 5.75 Å². The fourth-order valence-electron chi connectivity index (χ4n) is 7.75. The quantitative estimate of drug-likeness (QED) is 0.374. The molecule has 2 aromatic carbocycles. The smallest absolute Gasteiger partial charge is 0.338 e. The summed E-state index contributed by atoms with van der Waals surface area (Å²) in [5.41, 5.74) is 3.84. The number of fused-ring (bicyclic) bond motifs is 6. The SMILES string of the molecule is COC(=O)[C@@H]1[C@@H]2C[C@@H]3c4[nH]c5ccc(OC)cc5c4CCN3C[C@@H]2C[C@@H](OC(=O)c2cc(OC)c(OC)c(OC)c2)[C@@H]1OC. The van der Waals surface area contributed by atoms with Gasteiger partial charge in [0.05, 0.1) is 53.1 Å². The number of esters is 2. The highest BCUT2D eigenvalue weighted by Crippen LogP contribution is 2.51. The Kier molecular flexibility index (Phi) is 8.34. The Morgan fingerprint density at radius 3 is 2.30 bits per heavy atom. The molecule has 1 saturated heterocycles. The van der Waals surface area contributed by atoms with Crippen LogP contribution in [0.25, 0.3) is 10.9 Å². The number of nitrogens with zero attached hydrogens (tertiary/aromatic N) is 1. The van der Waals surface area contributed by atoms with E-state index in [-0.39, 0.29) is 29.4 Å². The van der Waals surface area contributed by atoms with Crippen molar-refractivity contribution in [2.24, 2.45) is 17.8 Å². The zero-order chi connectivity index (χ0) is 31.1. The fourth-order valence-corrected chi connectivity index (χ4v) is 7.75. The molecule has 3 aliphatic rings. The van der Waals surface area contributed by atoms with Gasteiger partial charge in [-0.2, -0.15) is 0 Å². The lowest BCUT2D eigenvalue weighted by Gasteiger charge is -2.52. The van der Waals surface area contributed by atoms with Crippen LogP contribution in [0.3, 0.4) is 0 Å². The molecule has 1 N–H and O–H groups in total. The first-order valence-electron chi connectivity index (χ1n) is 14.9. The Labute approximate surface area is 256 Å². The maximum atomic E-state index is 13.5. The standard InChI is InChI=1S/C33H40N2O9/c1-38-19-7-8-23-22(14-19)20-9-10-35-16-18-13-27(44-32(36)17-11-25(39-2)30(41-4)26(12-17)40-3)31(42-5)28(33(37)43-6)21(18)15-24(35)29(20)34-23/h7-8,11-12,14,18,21,24,27-28,31,34H,9-10,13,15-16H2,1-6H3/t18-,21+,24+,27+,28+,31-/m0/s1. The largest absolute Gasteiger partial charge is 0.497 e. The molecular formula is C33H40N2O9. The summed E-state index contributed by atoms with van der Waals surface area (Å²) in [7, 11) is 9.11. The number of hydrogen-bond acceptors (Lipinski definition) is 10. The molecule has 6 atom stereocenters. The van der Waals surface area contributed by atoms with E-state index in [1.54, 1.807) is 26.4 Å². The van der Waals surface area contributed by atoms with Crippen LogP contribution in [0.1, 0.15) is 40.5 Å². The molecule has 0 radical (unpaired) electrons. The Balaban J connectivity index is 1.29. The molecule has 6 rings (SSSR count). The Morgan fingerprint density at radius 2 is 1.66 bits per heavy atom. The molecule has 2 aliphatic heterocycles. The number of aromatic nitrogens is 1. The number of carbonyl (C=O) groups excluding carboxylic acids is 2. The van der Waals surface area contributed by atoms with Gasteiger partial charge < -0.3 is 38.1 Å². The normalized spacial score (nSPS) is 26.1. The van der Waals surface area contributed by atoms with Crippen molar-refractivity contribution in [1.82, 2.24) is 9.88 Å². The van der Waals surface area contributed by atoms with E-state index in [1.807, 2.05) is 6.07 Å². The number of nitrogens with one attached hydrogen (secondary N) is 1. The molecule has 0 spiro atoms. The van der Waals surface area contributed by atoms with Gasteiger partial charge in [0.25, 0.3) is 0 Å². The van der Waals surface area contributed by atoms with E-state index in [4.69, 9.17) is 33.2 Å². The minimum Gasteiger partial charge on any atom is -0.497 e. The Bertz CT molecular complexity index is 1530. The van der Waals surface area contributed by atoms with E-state index in [1.165, 1.54) is 45.1 Å². The summed E-state index contributed by atoms with van der Waals surface area (Å²) in [4.78, 5) is 33.1. The lowest BCUT2D eigenvalue weighted by atomic mass is 9.63. The number of hydrogen-bond donors (Lipinski definition) is 1. The number of methoxy groups -OCH3 is 6. The van der Waals surface area contributed by atoms with E-state index < -0.39 is 24.1 Å². The number of piperidine rings is 1. The van der Waals surface area contributed by atoms with Gasteiger partial charge in [0.15, 0.2) is 11.5 Å². The molecule has 2 fully saturated rings. The predicted molar refractivity (Wildman–Crippen MR) is 161 cm³/mol. The summed E-state index contributed by atoms with van der Waals surface area (Å²) >= 11 is 0. The van der Waals surface area contributed by atoms with Crippen molar-refractivity contribution in [3.8, 4) is 23.0 Å². The number of benzene rings is 2. The van der Waals surface area contributed by atoms with Crippen LogP contribution in [-0.2, 0) is 25.4 Å². The number of aromatic amines is 1. The van der Waals surface area contributed by atoms with Gasteiger partial charge in [-0.25, -0.2) is 4.79 Å². The van der Waals surface area contributed by atoms with Gasteiger partial charge in [0.1, 0.15) is 18.0 Å². The van der Waals surface area contributed by atoms with Crippen LogP contribution >= 0.6 is 0 Å². The van der Waals surface area contributed by atoms with E-state index >= 15 is 0 Å². The molecule has 3 aromatic rings. The van der Waals surface area contributed by atoms with Gasteiger partial charge in [-0.05, 0) is 67.0 Å². The van der Waals surface area contributed by atoms with Gasteiger partial charge >= 0.3 is 11.9 Å². The van der Waals surface area contributed by atoms with Crippen LogP contribution < -0.4 is 18.9 Å². The second-order valence-corrected chi connectivity index (χ2v) is 11.7. The van der Waals surface area contributed by atoms with Gasteiger partial charge in [-0.1, -0.05) is 0 Å². The molecular weight excluding hydrogens is 568 g/mol. The lowest BCUT2D eigenvalue weighted by Crippen LogP contribution is -2.58. The highest BCUT2D eigenvalue weighted by atomic mass is 16.6.